The van der Waals surface area contributed by atoms with Crippen LogP contribution in [0.2, 0.25) is 0 Å². The number of rotatable bonds is 5. The van der Waals surface area contributed by atoms with Crippen molar-refractivity contribution >= 4 is 0 Å². The number of nitrogens with one attached hydrogen (secondary N) is 1. The number of likely N-dealkylation sites (tertiary alicyclic amines) is 1. The second-order valence-corrected chi connectivity index (χ2v) is 5.83. The summed E-state index contributed by atoms with van der Waals surface area (Å²) in [6.07, 6.45) is 5.39. The fraction of sp³-hybridized carbons (Fsp3) is 0.625. The van der Waals surface area contributed by atoms with E-state index < -0.39 is 0 Å². The maximum absolute atomic E-state index is 5.45. The summed E-state index contributed by atoms with van der Waals surface area (Å²) < 4.78 is 5.45. The molecule has 2 fully saturated rings. The largest absolute Gasteiger partial charge is 0.496 e. The highest BCUT2D eigenvalue weighted by atomic mass is 16.5. The molecule has 1 aliphatic carbocycles. The van der Waals surface area contributed by atoms with Crippen LogP contribution >= 0.6 is 0 Å². The lowest BCUT2D eigenvalue weighted by molar-refractivity contribution is 0.181. The summed E-state index contributed by atoms with van der Waals surface area (Å²) in [6, 6.07) is 9.88. The molecule has 104 valence electrons. The Hall–Kier alpha value is -1.06. The van der Waals surface area contributed by atoms with Gasteiger partial charge in [0.1, 0.15) is 5.75 Å². The van der Waals surface area contributed by atoms with E-state index in [-0.39, 0.29) is 0 Å². The molecule has 3 rings (SSSR count). The lowest BCUT2D eigenvalue weighted by Crippen LogP contribution is -2.46. The molecule has 1 aliphatic heterocycles. The molecular formula is C16H24N2O. The number of benzene rings is 1. The number of hydrogen-bond donors (Lipinski definition) is 1. The first-order chi connectivity index (χ1) is 9.35. The molecule has 1 atom stereocenters. The van der Waals surface area contributed by atoms with Crippen LogP contribution in [0, 0.1) is 0 Å². The molecule has 0 bridgehead atoms. The molecule has 1 aromatic carbocycles. The zero-order chi connectivity index (χ0) is 13.1. The van der Waals surface area contributed by atoms with E-state index in [1.54, 1.807) is 7.11 Å². The zero-order valence-electron chi connectivity index (χ0n) is 11.8. The zero-order valence-corrected chi connectivity index (χ0v) is 11.8. The van der Waals surface area contributed by atoms with Gasteiger partial charge in [-0.05, 0) is 38.3 Å². The number of para-hydroxylation sites is 1. The average molecular weight is 260 g/mol. The van der Waals surface area contributed by atoms with E-state index in [9.17, 15) is 0 Å². The Balaban J connectivity index is 1.58. The van der Waals surface area contributed by atoms with Gasteiger partial charge in [-0.2, -0.15) is 0 Å². The predicted octanol–water partition coefficient (Wildman–Crippen LogP) is 2.41. The van der Waals surface area contributed by atoms with Gasteiger partial charge in [-0.1, -0.05) is 18.2 Å². The normalized spacial score (nSPS) is 24.4. The molecule has 0 radical (unpaired) electrons. The third kappa shape index (κ3) is 3.48. The van der Waals surface area contributed by atoms with Crippen LogP contribution in [0.15, 0.2) is 24.3 Å². The highest BCUT2D eigenvalue weighted by Crippen LogP contribution is 2.24. The third-order valence-electron chi connectivity index (χ3n) is 4.14. The van der Waals surface area contributed by atoms with Crippen LogP contribution in [-0.2, 0) is 6.54 Å². The molecule has 19 heavy (non-hydrogen) atoms. The molecule has 1 N–H and O–H groups in total. The van der Waals surface area contributed by atoms with Crippen LogP contribution < -0.4 is 10.1 Å². The first-order valence-electron chi connectivity index (χ1n) is 7.45. The van der Waals surface area contributed by atoms with Crippen molar-refractivity contribution in [2.75, 3.05) is 20.2 Å². The minimum atomic E-state index is 0.691. The van der Waals surface area contributed by atoms with Crippen LogP contribution in [0.3, 0.4) is 0 Å². The van der Waals surface area contributed by atoms with Gasteiger partial charge in [-0.3, -0.25) is 4.90 Å². The summed E-state index contributed by atoms with van der Waals surface area (Å²) in [6.45, 7) is 3.39. The lowest BCUT2D eigenvalue weighted by atomic mass is 10.0. The van der Waals surface area contributed by atoms with E-state index in [2.05, 4.69) is 28.4 Å². The average Bonchev–Trinajstić information content (AvgIpc) is 3.24. The van der Waals surface area contributed by atoms with Gasteiger partial charge in [0.2, 0.25) is 0 Å². The number of hydrogen-bond acceptors (Lipinski definition) is 3. The summed E-state index contributed by atoms with van der Waals surface area (Å²) in [4.78, 5) is 2.56. The number of piperidine rings is 1. The van der Waals surface area contributed by atoms with Crippen molar-refractivity contribution in [1.82, 2.24) is 10.2 Å². The Morgan fingerprint density at radius 1 is 1.21 bits per heavy atom. The number of ether oxygens (including phenoxy) is 1. The monoisotopic (exact) mass is 260 g/mol. The van der Waals surface area contributed by atoms with Gasteiger partial charge >= 0.3 is 0 Å². The molecular weight excluding hydrogens is 236 g/mol. The van der Waals surface area contributed by atoms with Gasteiger partial charge in [-0.15, -0.1) is 0 Å². The second-order valence-electron chi connectivity index (χ2n) is 5.83. The molecule has 1 aromatic rings. The summed E-state index contributed by atoms with van der Waals surface area (Å²) >= 11 is 0. The predicted molar refractivity (Wildman–Crippen MR) is 77.5 cm³/mol. The fourth-order valence-electron chi connectivity index (χ4n) is 2.99. The van der Waals surface area contributed by atoms with Crippen LogP contribution in [0.5, 0.6) is 5.75 Å². The smallest absolute Gasteiger partial charge is 0.123 e. The lowest BCUT2D eigenvalue weighted by Gasteiger charge is -2.33. The molecule has 0 spiro atoms. The van der Waals surface area contributed by atoms with Crippen molar-refractivity contribution in [2.24, 2.45) is 0 Å². The maximum Gasteiger partial charge on any atom is 0.123 e. The summed E-state index contributed by atoms with van der Waals surface area (Å²) in [5.74, 6) is 1.01. The summed E-state index contributed by atoms with van der Waals surface area (Å²) in [5.41, 5.74) is 1.30. The van der Waals surface area contributed by atoms with Crippen molar-refractivity contribution < 1.29 is 4.74 Å². The van der Waals surface area contributed by atoms with Gasteiger partial charge in [0.15, 0.2) is 0 Å². The molecule has 1 saturated heterocycles. The van der Waals surface area contributed by atoms with Crippen molar-refractivity contribution in [3.8, 4) is 5.75 Å². The van der Waals surface area contributed by atoms with Gasteiger partial charge in [0.05, 0.1) is 7.11 Å². The van der Waals surface area contributed by atoms with E-state index in [4.69, 9.17) is 4.74 Å². The number of methoxy groups -OCH3 is 1. The van der Waals surface area contributed by atoms with E-state index in [0.29, 0.717) is 6.04 Å². The van der Waals surface area contributed by atoms with Crippen LogP contribution in [0.4, 0.5) is 0 Å². The van der Waals surface area contributed by atoms with Crippen LogP contribution in [0.1, 0.15) is 31.2 Å². The van der Waals surface area contributed by atoms with E-state index in [1.807, 2.05) is 6.07 Å². The van der Waals surface area contributed by atoms with Gasteiger partial charge < -0.3 is 10.1 Å². The van der Waals surface area contributed by atoms with E-state index >= 15 is 0 Å². The quantitative estimate of drug-likeness (QED) is 0.880. The molecule has 1 heterocycles. The summed E-state index contributed by atoms with van der Waals surface area (Å²) in [5, 5.41) is 3.76. The van der Waals surface area contributed by atoms with E-state index in [1.165, 1.54) is 44.3 Å². The highest BCUT2D eigenvalue weighted by Gasteiger charge is 2.27. The SMILES string of the molecule is COc1ccccc1CN1CCCC(NC2CC2)C1. The molecule has 3 heteroatoms. The van der Waals surface area contributed by atoms with Crippen molar-refractivity contribution in [3.05, 3.63) is 29.8 Å². The van der Waals surface area contributed by atoms with E-state index in [0.717, 1.165) is 18.3 Å². The Labute approximate surface area is 115 Å². The minimum absolute atomic E-state index is 0.691. The molecule has 1 saturated carbocycles. The van der Waals surface area contributed by atoms with Gasteiger partial charge in [0.25, 0.3) is 0 Å². The van der Waals surface area contributed by atoms with Crippen molar-refractivity contribution in [1.29, 1.82) is 0 Å². The van der Waals surface area contributed by atoms with Crippen LogP contribution in [-0.4, -0.2) is 37.2 Å². The number of nitrogens with zero attached hydrogens (tertiary/aromatic N) is 1. The molecule has 1 unspecified atom stereocenters. The fourth-order valence-corrected chi connectivity index (χ4v) is 2.99. The minimum Gasteiger partial charge on any atom is -0.496 e. The van der Waals surface area contributed by atoms with Crippen LogP contribution in [0.25, 0.3) is 0 Å². The Morgan fingerprint density at radius 3 is 2.84 bits per heavy atom. The van der Waals surface area contributed by atoms with Gasteiger partial charge in [0, 0.05) is 30.7 Å². The van der Waals surface area contributed by atoms with Crippen molar-refractivity contribution in [3.63, 3.8) is 0 Å². The second kappa shape index (κ2) is 5.93. The Bertz CT molecular complexity index is 417. The third-order valence-corrected chi connectivity index (χ3v) is 4.14. The molecule has 0 amide bonds. The molecule has 0 aromatic heterocycles. The Morgan fingerprint density at radius 2 is 2.05 bits per heavy atom. The molecule has 3 nitrogen and oxygen atoms in total. The summed E-state index contributed by atoms with van der Waals surface area (Å²) in [7, 11) is 1.76. The first kappa shape index (κ1) is 12.9. The standard InChI is InChI=1S/C16H24N2O/c1-19-16-7-3-2-5-13(16)11-18-10-4-6-15(12-18)17-14-8-9-14/h2-3,5,7,14-15,17H,4,6,8-12H2,1H3. The molecule has 2 aliphatic rings. The highest BCUT2D eigenvalue weighted by molar-refractivity contribution is 5.33. The van der Waals surface area contributed by atoms with Gasteiger partial charge in [-0.25, -0.2) is 0 Å². The Kier molecular flexibility index (Phi) is 4.04. The van der Waals surface area contributed by atoms with Crippen molar-refractivity contribution in [2.45, 2.75) is 44.3 Å². The maximum atomic E-state index is 5.45. The first-order valence-corrected chi connectivity index (χ1v) is 7.45. The topological polar surface area (TPSA) is 24.5 Å².